The first kappa shape index (κ1) is 11.0. The number of rotatable bonds is 2. The fraction of sp³-hybridized carbons (Fsp3) is 0.857. The maximum Gasteiger partial charge on any atom is 0.186 e. The van der Waals surface area contributed by atoms with Gasteiger partial charge in [0.2, 0.25) is 0 Å². The fourth-order valence-electron chi connectivity index (χ4n) is 1.18. The minimum atomic E-state index is -1.30. The molecule has 1 saturated heterocycles. The first-order valence-corrected chi connectivity index (χ1v) is 4.26. The third kappa shape index (κ3) is 2.04. The highest BCUT2D eigenvalue weighted by molar-refractivity contribution is 7.79. The van der Waals surface area contributed by atoms with Gasteiger partial charge >= 0.3 is 0 Å². The van der Waals surface area contributed by atoms with E-state index in [2.05, 4.69) is 12.2 Å². The molecule has 0 spiro atoms. The van der Waals surface area contributed by atoms with Crippen LogP contribution >= 0.6 is 12.2 Å². The lowest BCUT2D eigenvalue weighted by Crippen LogP contribution is -2.58. The second-order valence-electron chi connectivity index (χ2n) is 2.81. The SMILES string of the molecule is COC1OC(C=S)C(O)C(O)C1O. The molecule has 1 fully saturated rings. The number of methoxy groups -OCH3 is 1. The Labute approximate surface area is 80.9 Å². The Morgan fingerprint density at radius 1 is 1.23 bits per heavy atom. The summed E-state index contributed by atoms with van der Waals surface area (Å²) in [6.45, 7) is 0. The lowest BCUT2D eigenvalue weighted by Gasteiger charge is -2.38. The molecule has 0 bridgehead atoms. The molecule has 76 valence electrons. The van der Waals surface area contributed by atoms with Gasteiger partial charge in [-0.05, 0) is 0 Å². The summed E-state index contributed by atoms with van der Waals surface area (Å²) in [7, 11) is 1.33. The maximum absolute atomic E-state index is 9.33. The van der Waals surface area contributed by atoms with E-state index >= 15 is 0 Å². The Kier molecular flexibility index (Phi) is 3.72. The topological polar surface area (TPSA) is 79.2 Å². The molecule has 0 radical (unpaired) electrons. The van der Waals surface area contributed by atoms with Gasteiger partial charge in [0.15, 0.2) is 6.29 Å². The molecule has 0 aliphatic carbocycles. The van der Waals surface area contributed by atoms with Gasteiger partial charge in [-0.2, -0.15) is 0 Å². The summed E-state index contributed by atoms with van der Waals surface area (Å²) in [6.07, 6.45) is -5.52. The summed E-state index contributed by atoms with van der Waals surface area (Å²) < 4.78 is 9.78. The van der Waals surface area contributed by atoms with Gasteiger partial charge in [0.05, 0.1) is 0 Å². The number of thiocarbonyl (C=S) groups is 1. The van der Waals surface area contributed by atoms with Gasteiger partial charge in [0.1, 0.15) is 24.4 Å². The van der Waals surface area contributed by atoms with Crippen molar-refractivity contribution >= 4 is 17.6 Å². The van der Waals surface area contributed by atoms with Crippen LogP contribution in [-0.2, 0) is 9.47 Å². The molecule has 1 aliphatic heterocycles. The summed E-state index contributed by atoms with van der Waals surface area (Å²) in [6, 6.07) is 0. The van der Waals surface area contributed by atoms with Gasteiger partial charge in [-0.3, -0.25) is 0 Å². The van der Waals surface area contributed by atoms with Crippen molar-refractivity contribution in [1.29, 1.82) is 0 Å². The molecule has 0 aromatic rings. The first-order chi connectivity index (χ1) is 6.11. The molecule has 0 amide bonds. The van der Waals surface area contributed by atoms with Crippen molar-refractivity contribution in [3.8, 4) is 0 Å². The van der Waals surface area contributed by atoms with Crippen LogP contribution in [0.4, 0.5) is 0 Å². The van der Waals surface area contributed by atoms with Crippen LogP contribution in [0.1, 0.15) is 0 Å². The van der Waals surface area contributed by atoms with Crippen molar-refractivity contribution in [1.82, 2.24) is 0 Å². The summed E-state index contributed by atoms with van der Waals surface area (Å²) in [5.74, 6) is 0. The van der Waals surface area contributed by atoms with Gasteiger partial charge in [0.25, 0.3) is 0 Å². The Morgan fingerprint density at radius 2 is 1.85 bits per heavy atom. The molecule has 6 heteroatoms. The smallest absolute Gasteiger partial charge is 0.186 e. The zero-order valence-electron chi connectivity index (χ0n) is 7.03. The summed E-state index contributed by atoms with van der Waals surface area (Å²) >= 11 is 4.58. The van der Waals surface area contributed by atoms with E-state index in [1.54, 1.807) is 0 Å². The third-order valence-corrected chi connectivity index (χ3v) is 2.24. The highest BCUT2D eigenvalue weighted by Gasteiger charge is 2.42. The van der Waals surface area contributed by atoms with Crippen molar-refractivity contribution in [2.24, 2.45) is 0 Å². The second-order valence-corrected chi connectivity index (χ2v) is 3.08. The fourth-order valence-corrected chi connectivity index (χ4v) is 1.41. The summed E-state index contributed by atoms with van der Waals surface area (Å²) in [4.78, 5) is 0. The van der Waals surface area contributed by atoms with Crippen molar-refractivity contribution in [2.45, 2.75) is 30.7 Å². The van der Waals surface area contributed by atoms with Crippen molar-refractivity contribution in [2.75, 3.05) is 7.11 Å². The standard InChI is InChI=1S/C7H12O5S/c1-11-7-6(10)5(9)4(8)3(2-13)12-7/h2-10H,1H3. The van der Waals surface area contributed by atoms with Crippen LogP contribution in [0.25, 0.3) is 0 Å². The monoisotopic (exact) mass is 208 g/mol. The first-order valence-electron chi connectivity index (χ1n) is 3.79. The molecule has 5 unspecified atom stereocenters. The Balaban J connectivity index is 2.71. The molecule has 1 heterocycles. The maximum atomic E-state index is 9.33. The van der Waals surface area contributed by atoms with E-state index < -0.39 is 30.7 Å². The zero-order valence-corrected chi connectivity index (χ0v) is 7.85. The normalized spacial score (nSPS) is 46.0. The highest BCUT2D eigenvalue weighted by atomic mass is 32.1. The van der Waals surface area contributed by atoms with E-state index in [0.29, 0.717) is 0 Å². The number of aliphatic hydroxyl groups excluding tert-OH is 3. The Hall–Kier alpha value is -0.110. The molecule has 13 heavy (non-hydrogen) atoms. The van der Waals surface area contributed by atoms with Crippen LogP contribution < -0.4 is 0 Å². The van der Waals surface area contributed by atoms with Crippen molar-refractivity contribution in [3.63, 3.8) is 0 Å². The van der Waals surface area contributed by atoms with E-state index in [1.165, 1.54) is 12.5 Å². The molecule has 1 rings (SSSR count). The largest absolute Gasteiger partial charge is 0.387 e. The Bertz CT molecular complexity index is 186. The molecular formula is C7H12O5S. The third-order valence-electron chi connectivity index (χ3n) is 1.97. The van der Waals surface area contributed by atoms with Gasteiger partial charge < -0.3 is 24.8 Å². The van der Waals surface area contributed by atoms with E-state index in [1.807, 2.05) is 0 Å². The molecule has 0 saturated carbocycles. The van der Waals surface area contributed by atoms with Gasteiger partial charge in [-0.15, -0.1) is 0 Å². The van der Waals surface area contributed by atoms with Crippen molar-refractivity contribution in [3.05, 3.63) is 0 Å². The van der Waals surface area contributed by atoms with Gasteiger partial charge in [-0.25, -0.2) is 0 Å². The number of ether oxygens (including phenoxy) is 2. The quantitative estimate of drug-likeness (QED) is 0.476. The van der Waals surface area contributed by atoms with E-state index in [-0.39, 0.29) is 0 Å². The van der Waals surface area contributed by atoms with E-state index in [4.69, 9.17) is 9.47 Å². The highest BCUT2D eigenvalue weighted by Crippen LogP contribution is 2.20. The second kappa shape index (κ2) is 4.41. The molecule has 1 aliphatic rings. The predicted molar refractivity (Wildman–Crippen MR) is 47.3 cm³/mol. The van der Waals surface area contributed by atoms with Crippen LogP contribution in [0.15, 0.2) is 0 Å². The van der Waals surface area contributed by atoms with Crippen molar-refractivity contribution < 1.29 is 24.8 Å². The molecule has 5 atom stereocenters. The van der Waals surface area contributed by atoms with Crippen LogP contribution in [0.2, 0.25) is 0 Å². The van der Waals surface area contributed by atoms with Gasteiger partial charge in [-0.1, -0.05) is 12.2 Å². The Morgan fingerprint density at radius 3 is 2.31 bits per heavy atom. The minimum absolute atomic E-state index is 0.793. The lowest BCUT2D eigenvalue weighted by atomic mass is 10.0. The molecular weight excluding hydrogens is 196 g/mol. The van der Waals surface area contributed by atoms with Crippen LogP contribution in [0, 0.1) is 0 Å². The number of hydrogen-bond acceptors (Lipinski definition) is 6. The predicted octanol–water partition coefficient (Wildman–Crippen LogP) is -1.56. The van der Waals surface area contributed by atoms with E-state index in [0.717, 1.165) is 0 Å². The molecule has 0 aromatic heterocycles. The summed E-state index contributed by atoms with van der Waals surface area (Å²) in [5.41, 5.74) is 0. The average Bonchev–Trinajstić information content (AvgIpc) is 2.15. The van der Waals surface area contributed by atoms with Gasteiger partial charge in [0, 0.05) is 12.5 Å². The number of hydrogen-bond donors (Lipinski definition) is 3. The lowest BCUT2D eigenvalue weighted by molar-refractivity contribution is -0.274. The number of aliphatic hydroxyl groups is 3. The van der Waals surface area contributed by atoms with Crippen LogP contribution in [0.5, 0.6) is 0 Å². The average molecular weight is 208 g/mol. The van der Waals surface area contributed by atoms with Crippen LogP contribution in [-0.4, -0.2) is 58.5 Å². The minimum Gasteiger partial charge on any atom is -0.387 e. The zero-order chi connectivity index (χ0) is 10.0. The molecule has 3 N–H and O–H groups in total. The molecule has 5 nitrogen and oxygen atoms in total. The summed E-state index contributed by atoms with van der Waals surface area (Å²) in [5, 5.41) is 29.2. The van der Waals surface area contributed by atoms with Crippen LogP contribution in [0.3, 0.4) is 0 Å². The molecule has 0 aromatic carbocycles. The van der Waals surface area contributed by atoms with E-state index in [9.17, 15) is 15.3 Å².